The lowest BCUT2D eigenvalue weighted by Gasteiger charge is -2.25. The third-order valence-corrected chi connectivity index (χ3v) is 2.82. The quantitative estimate of drug-likeness (QED) is 0.616. The Bertz CT molecular complexity index is 457. The van der Waals surface area contributed by atoms with Gasteiger partial charge in [0.1, 0.15) is 0 Å². The minimum Gasteiger partial charge on any atom is -0.504 e. The van der Waals surface area contributed by atoms with E-state index in [4.69, 9.17) is 9.47 Å². The lowest BCUT2D eigenvalue weighted by molar-refractivity contribution is -0.385. The second-order valence-corrected chi connectivity index (χ2v) is 3.92. The number of nitro benzene ring substituents is 1. The third kappa shape index (κ3) is 2.36. The van der Waals surface area contributed by atoms with Gasteiger partial charge in [-0.2, -0.15) is 0 Å². The molecule has 1 aromatic carbocycles. The Labute approximate surface area is 103 Å². The lowest BCUT2D eigenvalue weighted by Crippen LogP contribution is -2.34. The van der Waals surface area contributed by atoms with Gasteiger partial charge in [-0.25, -0.2) is 0 Å². The normalized spacial score (nSPS) is 19.5. The summed E-state index contributed by atoms with van der Waals surface area (Å²) >= 11 is 0. The zero-order valence-corrected chi connectivity index (χ0v) is 9.88. The van der Waals surface area contributed by atoms with Crippen LogP contribution in [0, 0.1) is 10.1 Å². The fraction of sp³-hybridized carbons (Fsp3) is 0.455. The van der Waals surface area contributed by atoms with Crippen LogP contribution >= 0.6 is 0 Å². The van der Waals surface area contributed by atoms with Gasteiger partial charge in [-0.15, -0.1) is 0 Å². The molecule has 0 bridgehead atoms. The molecule has 7 nitrogen and oxygen atoms in total. The molecule has 1 heterocycles. The van der Waals surface area contributed by atoms with Crippen LogP contribution in [0.15, 0.2) is 12.1 Å². The summed E-state index contributed by atoms with van der Waals surface area (Å²) in [7, 11) is 1.35. The van der Waals surface area contributed by atoms with Crippen LogP contribution in [0.3, 0.4) is 0 Å². The molecule has 1 saturated heterocycles. The molecule has 0 aliphatic carbocycles. The topological polar surface area (TPSA) is 93.9 Å². The summed E-state index contributed by atoms with van der Waals surface area (Å²) in [5, 5.41) is 24.0. The second-order valence-electron chi connectivity index (χ2n) is 3.92. The summed E-state index contributed by atoms with van der Waals surface area (Å²) in [6, 6.07) is 2.26. The van der Waals surface area contributed by atoms with Crippen molar-refractivity contribution >= 4 is 5.69 Å². The predicted molar refractivity (Wildman–Crippen MR) is 62.9 cm³/mol. The van der Waals surface area contributed by atoms with Crippen molar-refractivity contribution in [2.75, 3.05) is 26.9 Å². The summed E-state index contributed by atoms with van der Waals surface area (Å²) in [6.07, 6.45) is 0. The van der Waals surface area contributed by atoms with Gasteiger partial charge in [0.2, 0.25) is 0 Å². The fourth-order valence-electron chi connectivity index (χ4n) is 1.91. The number of morpholine rings is 1. The van der Waals surface area contributed by atoms with E-state index in [2.05, 4.69) is 5.32 Å². The highest BCUT2D eigenvalue weighted by Gasteiger charge is 2.24. The summed E-state index contributed by atoms with van der Waals surface area (Å²) in [4.78, 5) is 10.3. The highest BCUT2D eigenvalue weighted by atomic mass is 16.6. The molecule has 1 atom stereocenters. The van der Waals surface area contributed by atoms with E-state index in [0.29, 0.717) is 25.3 Å². The number of benzene rings is 1. The van der Waals surface area contributed by atoms with E-state index < -0.39 is 4.92 Å². The Morgan fingerprint density at radius 2 is 2.39 bits per heavy atom. The van der Waals surface area contributed by atoms with Crippen molar-refractivity contribution < 1.29 is 19.5 Å². The number of methoxy groups -OCH3 is 1. The molecular formula is C11H14N2O5. The maximum atomic E-state index is 10.8. The highest BCUT2D eigenvalue weighted by molar-refractivity contribution is 5.54. The first-order chi connectivity index (χ1) is 8.63. The monoisotopic (exact) mass is 254 g/mol. The average molecular weight is 254 g/mol. The van der Waals surface area contributed by atoms with E-state index >= 15 is 0 Å². The summed E-state index contributed by atoms with van der Waals surface area (Å²) < 4.78 is 10.2. The average Bonchev–Trinajstić information content (AvgIpc) is 2.39. The van der Waals surface area contributed by atoms with Crippen LogP contribution in [0.1, 0.15) is 11.6 Å². The van der Waals surface area contributed by atoms with E-state index in [1.165, 1.54) is 19.2 Å². The van der Waals surface area contributed by atoms with Gasteiger partial charge in [-0.1, -0.05) is 0 Å². The van der Waals surface area contributed by atoms with Crippen LogP contribution in [0.25, 0.3) is 0 Å². The van der Waals surface area contributed by atoms with Crippen LogP contribution < -0.4 is 10.1 Å². The number of aromatic hydroxyl groups is 1. The van der Waals surface area contributed by atoms with Crippen molar-refractivity contribution in [3.8, 4) is 11.5 Å². The summed E-state index contributed by atoms with van der Waals surface area (Å²) in [6.45, 7) is 1.58. The third-order valence-electron chi connectivity index (χ3n) is 2.82. The van der Waals surface area contributed by atoms with Gasteiger partial charge in [0.25, 0.3) is 5.69 Å². The molecule has 0 saturated carbocycles. The molecule has 0 unspecified atom stereocenters. The van der Waals surface area contributed by atoms with Crippen molar-refractivity contribution in [2.24, 2.45) is 0 Å². The Morgan fingerprint density at radius 1 is 1.61 bits per heavy atom. The number of hydrogen-bond donors (Lipinski definition) is 2. The van der Waals surface area contributed by atoms with E-state index in [0.717, 1.165) is 0 Å². The number of nitro groups is 1. The van der Waals surface area contributed by atoms with Crippen molar-refractivity contribution in [1.82, 2.24) is 5.32 Å². The smallest absolute Gasteiger partial charge is 0.273 e. The second kappa shape index (κ2) is 5.19. The maximum absolute atomic E-state index is 10.8. The number of phenols is 1. The molecule has 0 spiro atoms. The molecule has 7 heteroatoms. The van der Waals surface area contributed by atoms with Gasteiger partial charge in [0, 0.05) is 18.2 Å². The van der Waals surface area contributed by atoms with Crippen LogP contribution in [0.5, 0.6) is 11.5 Å². The number of rotatable bonds is 3. The number of nitrogens with zero attached hydrogens (tertiary/aromatic N) is 1. The molecule has 1 aliphatic rings. The van der Waals surface area contributed by atoms with Crippen LogP contribution in [-0.4, -0.2) is 36.9 Å². The predicted octanol–water partition coefficient (Wildman–Crippen LogP) is 0.970. The molecule has 98 valence electrons. The van der Waals surface area contributed by atoms with Gasteiger partial charge in [-0.3, -0.25) is 10.1 Å². The SMILES string of the molecule is COc1cc([N+](=O)[O-])cc([C@@H]2COCCN2)c1O. The minimum absolute atomic E-state index is 0.0894. The Kier molecular flexibility index (Phi) is 3.63. The largest absolute Gasteiger partial charge is 0.504 e. The first-order valence-electron chi connectivity index (χ1n) is 5.50. The number of nitrogens with one attached hydrogen (secondary N) is 1. The van der Waals surface area contributed by atoms with Gasteiger partial charge in [0.05, 0.1) is 37.4 Å². The molecule has 1 aromatic rings. The van der Waals surface area contributed by atoms with Crippen molar-refractivity contribution in [2.45, 2.75) is 6.04 Å². The number of non-ortho nitro benzene ring substituents is 1. The minimum atomic E-state index is -0.519. The van der Waals surface area contributed by atoms with E-state index in [-0.39, 0.29) is 23.2 Å². The lowest BCUT2D eigenvalue weighted by atomic mass is 10.0. The number of phenolic OH excluding ortho intramolecular Hbond substituents is 1. The number of hydrogen-bond acceptors (Lipinski definition) is 6. The molecule has 1 fully saturated rings. The van der Waals surface area contributed by atoms with Crippen LogP contribution in [0.4, 0.5) is 5.69 Å². The summed E-state index contributed by atoms with van der Waals surface area (Å²) in [5.41, 5.74) is 0.299. The Balaban J connectivity index is 2.43. The van der Waals surface area contributed by atoms with E-state index in [1.807, 2.05) is 0 Å². The van der Waals surface area contributed by atoms with Crippen molar-refractivity contribution in [1.29, 1.82) is 0 Å². The molecule has 2 rings (SSSR count). The maximum Gasteiger partial charge on any atom is 0.273 e. The molecule has 1 aliphatic heterocycles. The zero-order chi connectivity index (χ0) is 13.1. The van der Waals surface area contributed by atoms with Gasteiger partial charge in [-0.05, 0) is 0 Å². The van der Waals surface area contributed by atoms with Crippen LogP contribution in [-0.2, 0) is 4.74 Å². The molecule has 0 aromatic heterocycles. The fourth-order valence-corrected chi connectivity index (χ4v) is 1.91. The standard InChI is InChI=1S/C11H14N2O5/c1-17-10-5-7(13(15)16)4-8(11(10)14)9-6-18-3-2-12-9/h4-5,9,12,14H,2-3,6H2,1H3/t9-/m0/s1. The van der Waals surface area contributed by atoms with Crippen molar-refractivity contribution in [3.05, 3.63) is 27.8 Å². The Hall–Kier alpha value is -1.86. The first kappa shape index (κ1) is 12.6. The summed E-state index contributed by atoms with van der Waals surface area (Å²) in [5.74, 6) is -0.00215. The Morgan fingerprint density at radius 3 is 2.94 bits per heavy atom. The highest BCUT2D eigenvalue weighted by Crippen LogP contribution is 2.38. The first-order valence-corrected chi connectivity index (χ1v) is 5.50. The molecule has 2 N–H and O–H groups in total. The van der Waals surface area contributed by atoms with Gasteiger partial charge in [0.15, 0.2) is 11.5 Å². The molecular weight excluding hydrogens is 240 g/mol. The molecule has 0 amide bonds. The van der Waals surface area contributed by atoms with E-state index in [1.54, 1.807) is 0 Å². The van der Waals surface area contributed by atoms with Crippen LogP contribution in [0.2, 0.25) is 0 Å². The van der Waals surface area contributed by atoms with Crippen molar-refractivity contribution in [3.63, 3.8) is 0 Å². The van der Waals surface area contributed by atoms with Gasteiger partial charge >= 0.3 is 0 Å². The van der Waals surface area contributed by atoms with E-state index in [9.17, 15) is 15.2 Å². The number of ether oxygens (including phenoxy) is 2. The molecule has 0 radical (unpaired) electrons. The van der Waals surface area contributed by atoms with Gasteiger partial charge < -0.3 is 19.9 Å². The molecule has 18 heavy (non-hydrogen) atoms. The zero-order valence-electron chi connectivity index (χ0n) is 9.88.